The van der Waals surface area contributed by atoms with Gasteiger partial charge in [-0.05, 0) is 18.2 Å². The molecule has 0 aliphatic carbocycles. The quantitative estimate of drug-likeness (QED) is 0.618. The number of fused-ring (bicyclic) bond motifs is 1. The van der Waals surface area contributed by atoms with Gasteiger partial charge in [0.2, 0.25) is 0 Å². The van der Waals surface area contributed by atoms with E-state index >= 15 is 0 Å². The maximum atomic E-state index is 11.4. The Morgan fingerprint density at radius 1 is 1.12 bits per heavy atom. The predicted molar refractivity (Wildman–Crippen MR) is 91.1 cm³/mol. The molecule has 2 aromatic carbocycles. The van der Waals surface area contributed by atoms with Crippen molar-refractivity contribution in [1.29, 1.82) is 0 Å². The molecule has 24 heavy (non-hydrogen) atoms. The maximum absolute atomic E-state index is 11.4. The summed E-state index contributed by atoms with van der Waals surface area (Å²) in [6.07, 6.45) is 1.71. The third-order valence-electron chi connectivity index (χ3n) is 3.68. The fourth-order valence-corrected chi connectivity index (χ4v) is 3.49. The van der Waals surface area contributed by atoms with Gasteiger partial charge in [0.05, 0.1) is 22.5 Å². The molecular formula is C17H12N4O2S. The summed E-state index contributed by atoms with van der Waals surface area (Å²) >= 11 is 1.46. The number of carboxylic acids is 1. The third-order valence-corrected chi connectivity index (χ3v) is 4.70. The van der Waals surface area contributed by atoms with Crippen LogP contribution >= 0.6 is 11.3 Å². The average Bonchev–Trinajstić information content (AvgIpc) is 3.23. The Kier molecular flexibility index (Phi) is 3.55. The first-order valence-corrected chi connectivity index (χ1v) is 8.09. The average molecular weight is 336 g/mol. The summed E-state index contributed by atoms with van der Waals surface area (Å²) in [6.45, 7) is 0.500. The van der Waals surface area contributed by atoms with E-state index in [0.717, 1.165) is 20.9 Å². The highest BCUT2D eigenvalue weighted by Gasteiger charge is 2.14. The molecule has 0 spiro atoms. The smallest absolute Gasteiger partial charge is 0.336 e. The van der Waals surface area contributed by atoms with E-state index in [0.29, 0.717) is 12.1 Å². The van der Waals surface area contributed by atoms with Crippen molar-refractivity contribution in [2.24, 2.45) is 0 Å². The monoisotopic (exact) mass is 336 g/mol. The summed E-state index contributed by atoms with van der Waals surface area (Å²) in [5.74, 6) is -0.942. The second kappa shape index (κ2) is 5.86. The largest absolute Gasteiger partial charge is 0.478 e. The molecule has 4 aromatic rings. The van der Waals surface area contributed by atoms with Crippen molar-refractivity contribution >= 4 is 28.3 Å². The van der Waals surface area contributed by atoms with E-state index in [1.54, 1.807) is 29.1 Å². The molecule has 2 heterocycles. The minimum atomic E-state index is -0.942. The van der Waals surface area contributed by atoms with E-state index in [2.05, 4.69) is 15.3 Å². The molecule has 0 aliphatic rings. The predicted octanol–water partition coefficient (Wildman–Crippen LogP) is 3.30. The van der Waals surface area contributed by atoms with Crippen LogP contribution < -0.4 is 0 Å². The molecule has 0 amide bonds. The Labute approximate surface area is 141 Å². The summed E-state index contributed by atoms with van der Waals surface area (Å²) in [7, 11) is 0. The Hall–Kier alpha value is -3.06. The molecule has 4 rings (SSSR count). The second-order valence-electron chi connectivity index (χ2n) is 5.20. The maximum Gasteiger partial charge on any atom is 0.336 e. The number of aromatic carboxylic acids is 1. The van der Waals surface area contributed by atoms with Crippen LogP contribution in [0.1, 0.15) is 15.4 Å². The van der Waals surface area contributed by atoms with Crippen molar-refractivity contribution < 1.29 is 9.90 Å². The first-order valence-electron chi connectivity index (χ1n) is 7.28. The molecule has 6 nitrogen and oxygen atoms in total. The van der Waals surface area contributed by atoms with E-state index in [1.165, 1.54) is 11.3 Å². The van der Waals surface area contributed by atoms with Crippen LogP contribution in [0.5, 0.6) is 0 Å². The topological polar surface area (TPSA) is 80.9 Å². The normalized spacial score (nSPS) is 11.0. The van der Waals surface area contributed by atoms with Gasteiger partial charge < -0.3 is 5.11 Å². The number of nitrogens with zero attached hydrogens (tertiary/aromatic N) is 4. The number of benzene rings is 2. The molecular weight excluding hydrogens is 324 g/mol. The summed E-state index contributed by atoms with van der Waals surface area (Å²) in [6, 6.07) is 14.7. The van der Waals surface area contributed by atoms with Crippen LogP contribution in [0.25, 0.3) is 21.5 Å². The summed E-state index contributed by atoms with van der Waals surface area (Å²) in [4.78, 5) is 16.6. The minimum Gasteiger partial charge on any atom is -0.478 e. The van der Waals surface area contributed by atoms with Crippen molar-refractivity contribution in [3.8, 4) is 10.4 Å². The van der Waals surface area contributed by atoms with Crippen LogP contribution in [0.15, 0.2) is 54.7 Å². The van der Waals surface area contributed by atoms with E-state index in [9.17, 15) is 9.90 Å². The summed E-state index contributed by atoms with van der Waals surface area (Å²) in [5, 5.41) is 18.5. The fraction of sp³-hybridized carbons (Fsp3) is 0.0588. The lowest BCUT2D eigenvalue weighted by Crippen LogP contribution is -2.01. The molecule has 0 radical (unpaired) electrons. The second-order valence-corrected chi connectivity index (χ2v) is 6.32. The van der Waals surface area contributed by atoms with Gasteiger partial charge in [-0.3, -0.25) is 0 Å². The molecule has 0 aliphatic heterocycles. The minimum absolute atomic E-state index is 0.277. The zero-order chi connectivity index (χ0) is 16.5. The molecule has 0 bridgehead atoms. The van der Waals surface area contributed by atoms with E-state index in [1.807, 2.05) is 30.3 Å². The van der Waals surface area contributed by atoms with Crippen molar-refractivity contribution in [3.05, 3.63) is 65.3 Å². The zero-order valence-electron chi connectivity index (χ0n) is 12.5. The van der Waals surface area contributed by atoms with Gasteiger partial charge >= 0.3 is 5.97 Å². The van der Waals surface area contributed by atoms with E-state index < -0.39 is 5.97 Å². The molecule has 0 unspecified atom stereocenters. The van der Waals surface area contributed by atoms with Gasteiger partial charge in [-0.2, -0.15) is 0 Å². The highest BCUT2D eigenvalue weighted by molar-refractivity contribution is 7.15. The van der Waals surface area contributed by atoms with Crippen molar-refractivity contribution in [2.45, 2.75) is 6.54 Å². The van der Waals surface area contributed by atoms with Crippen LogP contribution in [0, 0.1) is 0 Å². The first-order chi connectivity index (χ1) is 11.7. The molecule has 7 heteroatoms. The molecule has 118 valence electrons. The zero-order valence-corrected chi connectivity index (χ0v) is 13.3. The number of hydrogen-bond acceptors (Lipinski definition) is 5. The lowest BCUT2D eigenvalue weighted by Gasteiger charge is -2.02. The number of hydrogen-bond donors (Lipinski definition) is 1. The number of aromatic nitrogens is 4. The van der Waals surface area contributed by atoms with Crippen LogP contribution in [0.4, 0.5) is 0 Å². The number of carboxylic acid groups (broad SMARTS) is 1. The molecule has 0 atom stereocenters. The highest BCUT2D eigenvalue weighted by Crippen LogP contribution is 2.29. The van der Waals surface area contributed by atoms with E-state index in [4.69, 9.17) is 0 Å². The highest BCUT2D eigenvalue weighted by atomic mass is 32.1. The Morgan fingerprint density at radius 3 is 2.79 bits per heavy atom. The SMILES string of the molecule is O=C(O)c1ccccc1-c1cnc(Cn2nnc3ccccc32)s1. The Balaban J connectivity index is 1.67. The lowest BCUT2D eigenvalue weighted by atomic mass is 10.1. The van der Waals surface area contributed by atoms with Crippen LogP contribution in [-0.2, 0) is 6.54 Å². The molecule has 0 fully saturated rings. The first kappa shape index (κ1) is 14.5. The van der Waals surface area contributed by atoms with Gasteiger partial charge in [0.25, 0.3) is 0 Å². The number of para-hydroxylation sites is 1. The van der Waals surface area contributed by atoms with Crippen LogP contribution in [-0.4, -0.2) is 31.1 Å². The fourth-order valence-electron chi connectivity index (χ4n) is 2.55. The van der Waals surface area contributed by atoms with Crippen LogP contribution in [0.2, 0.25) is 0 Å². The standard InChI is InChI=1S/C17H12N4O2S/c22-17(23)12-6-2-1-5-11(12)15-9-18-16(24-15)10-21-14-8-4-3-7-13(14)19-20-21/h1-9H,10H2,(H,22,23). The third kappa shape index (κ3) is 2.55. The Bertz CT molecular complexity index is 1040. The van der Waals surface area contributed by atoms with Gasteiger partial charge in [-0.15, -0.1) is 16.4 Å². The van der Waals surface area contributed by atoms with Crippen LogP contribution in [0.3, 0.4) is 0 Å². The van der Waals surface area contributed by atoms with Crippen molar-refractivity contribution in [2.75, 3.05) is 0 Å². The summed E-state index contributed by atoms with van der Waals surface area (Å²) < 4.78 is 1.79. The molecule has 2 aromatic heterocycles. The molecule has 0 saturated heterocycles. The van der Waals surface area contributed by atoms with Gasteiger partial charge in [-0.25, -0.2) is 14.5 Å². The van der Waals surface area contributed by atoms with Gasteiger partial charge in [0.1, 0.15) is 10.5 Å². The van der Waals surface area contributed by atoms with Gasteiger partial charge in [0.15, 0.2) is 0 Å². The number of thiazole rings is 1. The number of carbonyl (C=O) groups is 1. The van der Waals surface area contributed by atoms with Crippen molar-refractivity contribution in [3.63, 3.8) is 0 Å². The number of rotatable bonds is 4. The van der Waals surface area contributed by atoms with Gasteiger partial charge in [-0.1, -0.05) is 35.5 Å². The molecule has 0 saturated carbocycles. The molecule has 1 N–H and O–H groups in total. The summed E-state index contributed by atoms with van der Waals surface area (Å²) in [5.41, 5.74) is 2.74. The van der Waals surface area contributed by atoms with Crippen molar-refractivity contribution in [1.82, 2.24) is 20.0 Å². The lowest BCUT2D eigenvalue weighted by molar-refractivity contribution is 0.0698. The Morgan fingerprint density at radius 2 is 1.92 bits per heavy atom. The van der Waals surface area contributed by atoms with Gasteiger partial charge in [0, 0.05) is 11.8 Å². The van der Waals surface area contributed by atoms with E-state index in [-0.39, 0.29) is 5.56 Å².